The van der Waals surface area contributed by atoms with Gasteiger partial charge in [-0.05, 0) is 36.8 Å². The summed E-state index contributed by atoms with van der Waals surface area (Å²) in [5.41, 5.74) is 1.19. The lowest BCUT2D eigenvalue weighted by Gasteiger charge is -2.24. The summed E-state index contributed by atoms with van der Waals surface area (Å²) in [5, 5.41) is 11.1. The number of aliphatic hydroxyl groups excluding tert-OH is 1. The summed E-state index contributed by atoms with van der Waals surface area (Å²) in [6.45, 7) is 2.46. The van der Waals surface area contributed by atoms with Crippen LogP contribution in [0, 0.1) is 0 Å². The zero-order valence-corrected chi connectivity index (χ0v) is 16.4. The summed E-state index contributed by atoms with van der Waals surface area (Å²) in [6.07, 6.45) is 1.52. The molecule has 1 aliphatic rings. The fraction of sp³-hybridized carbons (Fsp3) is 0.167. The Labute approximate surface area is 174 Å². The van der Waals surface area contributed by atoms with Crippen molar-refractivity contribution < 1.29 is 23.8 Å². The molecule has 30 heavy (non-hydrogen) atoms. The van der Waals surface area contributed by atoms with Crippen molar-refractivity contribution in [2.75, 3.05) is 6.61 Å². The van der Waals surface area contributed by atoms with Gasteiger partial charge in [0.05, 0.1) is 31.0 Å². The number of benzene rings is 2. The molecule has 0 saturated carbocycles. The maximum absolute atomic E-state index is 13.0. The average molecular weight is 403 g/mol. The standard InChI is InChI=1S/C24H21NO5/c1-2-29-18-11-6-10-17(14-18)22(26)20-21(16-8-4-3-5-9-16)25(24(28)23(20)27)15-19-12-7-13-30-19/h3-14,21,26H,2,15H2,1H3/b22-20-. The van der Waals surface area contributed by atoms with E-state index in [0.29, 0.717) is 23.7 Å². The number of ketones is 1. The average Bonchev–Trinajstić information content (AvgIpc) is 3.37. The summed E-state index contributed by atoms with van der Waals surface area (Å²) >= 11 is 0. The molecule has 1 N–H and O–H groups in total. The summed E-state index contributed by atoms with van der Waals surface area (Å²) < 4.78 is 10.9. The second-order valence-corrected chi connectivity index (χ2v) is 6.88. The molecule has 152 valence electrons. The van der Waals surface area contributed by atoms with Crippen molar-refractivity contribution in [1.82, 2.24) is 4.90 Å². The third kappa shape index (κ3) is 3.59. The molecule has 4 rings (SSSR count). The zero-order chi connectivity index (χ0) is 21.1. The molecule has 0 bridgehead atoms. The summed E-state index contributed by atoms with van der Waals surface area (Å²) in [4.78, 5) is 27.3. The predicted molar refractivity (Wildman–Crippen MR) is 111 cm³/mol. The number of carbonyl (C=O) groups excluding carboxylic acids is 2. The molecule has 6 heteroatoms. The Morgan fingerprint density at radius 2 is 1.87 bits per heavy atom. The van der Waals surface area contributed by atoms with Crippen LogP contribution in [0.3, 0.4) is 0 Å². The molecule has 1 fully saturated rings. The van der Waals surface area contributed by atoms with Crippen LogP contribution in [0.1, 0.15) is 29.9 Å². The maximum atomic E-state index is 13.0. The molecule has 1 aromatic heterocycles. The lowest BCUT2D eigenvalue weighted by atomic mass is 9.95. The van der Waals surface area contributed by atoms with Gasteiger partial charge in [-0.3, -0.25) is 9.59 Å². The number of Topliss-reactive ketones (excluding diaryl/α,β-unsaturated/α-hetero) is 1. The molecule has 6 nitrogen and oxygen atoms in total. The second kappa shape index (κ2) is 8.29. The number of aliphatic hydroxyl groups is 1. The van der Waals surface area contributed by atoms with Crippen molar-refractivity contribution >= 4 is 17.4 Å². The first-order valence-corrected chi connectivity index (χ1v) is 9.69. The van der Waals surface area contributed by atoms with Crippen LogP contribution < -0.4 is 4.74 Å². The molecule has 2 heterocycles. The quantitative estimate of drug-likeness (QED) is 0.377. The molecule has 0 aliphatic carbocycles. The van der Waals surface area contributed by atoms with E-state index < -0.39 is 17.7 Å². The van der Waals surface area contributed by atoms with Crippen LogP contribution >= 0.6 is 0 Å². The number of furan rings is 1. The number of nitrogens with zero attached hydrogens (tertiary/aromatic N) is 1. The Morgan fingerprint density at radius 3 is 2.57 bits per heavy atom. The van der Waals surface area contributed by atoms with E-state index in [1.807, 2.05) is 37.3 Å². The fourth-order valence-electron chi connectivity index (χ4n) is 3.65. The van der Waals surface area contributed by atoms with E-state index >= 15 is 0 Å². The molecule has 1 saturated heterocycles. The topological polar surface area (TPSA) is 80.0 Å². The van der Waals surface area contributed by atoms with E-state index in [2.05, 4.69) is 0 Å². The maximum Gasteiger partial charge on any atom is 0.296 e. The minimum absolute atomic E-state index is 0.0476. The Hall–Kier alpha value is -3.80. The van der Waals surface area contributed by atoms with Gasteiger partial charge in [-0.1, -0.05) is 42.5 Å². The lowest BCUT2D eigenvalue weighted by Crippen LogP contribution is -2.29. The van der Waals surface area contributed by atoms with Crippen molar-refractivity contribution in [3.8, 4) is 5.75 Å². The van der Waals surface area contributed by atoms with Gasteiger partial charge in [0.1, 0.15) is 17.3 Å². The third-order valence-corrected chi connectivity index (χ3v) is 4.98. The number of amides is 1. The highest BCUT2D eigenvalue weighted by Gasteiger charge is 2.46. The molecule has 1 atom stereocenters. The minimum atomic E-state index is -0.730. The Bertz CT molecular complexity index is 1090. The monoisotopic (exact) mass is 403 g/mol. The summed E-state index contributed by atoms with van der Waals surface area (Å²) in [7, 11) is 0. The van der Waals surface area contributed by atoms with E-state index in [1.165, 1.54) is 11.2 Å². The van der Waals surface area contributed by atoms with E-state index in [9.17, 15) is 14.7 Å². The van der Waals surface area contributed by atoms with Gasteiger partial charge in [-0.15, -0.1) is 0 Å². The van der Waals surface area contributed by atoms with Gasteiger partial charge in [0.15, 0.2) is 0 Å². The first-order chi connectivity index (χ1) is 14.6. The van der Waals surface area contributed by atoms with E-state index in [1.54, 1.807) is 36.4 Å². The first-order valence-electron chi connectivity index (χ1n) is 9.69. The molecule has 0 radical (unpaired) electrons. The summed E-state index contributed by atoms with van der Waals surface area (Å²) in [5.74, 6) is -0.512. The predicted octanol–water partition coefficient (Wildman–Crippen LogP) is 4.30. The zero-order valence-electron chi connectivity index (χ0n) is 16.4. The highest BCUT2D eigenvalue weighted by atomic mass is 16.5. The highest BCUT2D eigenvalue weighted by Crippen LogP contribution is 2.40. The van der Waals surface area contributed by atoms with Crippen LogP contribution in [0.15, 0.2) is 83.0 Å². The smallest absolute Gasteiger partial charge is 0.296 e. The number of carbonyl (C=O) groups is 2. The van der Waals surface area contributed by atoms with Gasteiger partial charge >= 0.3 is 0 Å². The van der Waals surface area contributed by atoms with Crippen LogP contribution in [0.4, 0.5) is 0 Å². The fourth-order valence-corrected chi connectivity index (χ4v) is 3.65. The highest BCUT2D eigenvalue weighted by molar-refractivity contribution is 6.46. The lowest BCUT2D eigenvalue weighted by molar-refractivity contribution is -0.140. The number of hydrogen-bond donors (Lipinski definition) is 1. The Morgan fingerprint density at radius 1 is 1.07 bits per heavy atom. The first kappa shape index (κ1) is 19.5. The van der Waals surface area contributed by atoms with Crippen molar-refractivity contribution in [1.29, 1.82) is 0 Å². The number of ether oxygens (including phenoxy) is 1. The van der Waals surface area contributed by atoms with Crippen LogP contribution in [0.2, 0.25) is 0 Å². The van der Waals surface area contributed by atoms with Crippen LogP contribution in [-0.4, -0.2) is 28.3 Å². The van der Waals surface area contributed by atoms with Gasteiger partial charge in [0, 0.05) is 5.56 Å². The third-order valence-electron chi connectivity index (χ3n) is 4.98. The van der Waals surface area contributed by atoms with E-state index in [4.69, 9.17) is 9.15 Å². The number of rotatable bonds is 6. The largest absolute Gasteiger partial charge is 0.507 e. The molecule has 2 aromatic carbocycles. The van der Waals surface area contributed by atoms with Crippen LogP contribution in [0.25, 0.3) is 5.76 Å². The molecular weight excluding hydrogens is 382 g/mol. The molecule has 1 amide bonds. The van der Waals surface area contributed by atoms with Gasteiger partial charge < -0.3 is 19.2 Å². The minimum Gasteiger partial charge on any atom is -0.507 e. The van der Waals surface area contributed by atoms with E-state index in [0.717, 1.165) is 5.56 Å². The van der Waals surface area contributed by atoms with Crippen LogP contribution in [0.5, 0.6) is 5.75 Å². The van der Waals surface area contributed by atoms with Gasteiger partial charge in [0.25, 0.3) is 11.7 Å². The van der Waals surface area contributed by atoms with Crippen molar-refractivity contribution in [2.45, 2.75) is 19.5 Å². The van der Waals surface area contributed by atoms with Crippen molar-refractivity contribution in [2.24, 2.45) is 0 Å². The van der Waals surface area contributed by atoms with Gasteiger partial charge in [-0.2, -0.15) is 0 Å². The molecule has 3 aromatic rings. The molecular formula is C24H21NO5. The van der Waals surface area contributed by atoms with Crippen LogP contribution in [-0.2, 0) is 16.1 Å². The molecule has 0 spiro atoms. The van der Waals surface area contributed by atoms with Crippen molar-refractivity contribution in [3.63, 3.8) is 0 Å². The second-order valence-electron chi connectivity index (χ2n) is 6.88. The van der Waals surface area contributed by atoms with Crippen molar-refractivity contribution in [3.05, 3.63) is 95.5 Å². The SMILES string of the molecule is CCOc1cccc(/C(O)=C2/C(=O)C(=O)N(Cc3ccco3)C2c2ccccc2)c1. The van der Waals surface area contributed by atoms with Gasteiger partial charge in [-0.25, -0.2) is 0 Å². The Kier molecular flexibility index (Phi) is 5.39. The number of likely N-dealkylation sites (tertiary alicyclic amines) is 1. The Balaban J connectivity index is 1.84. The molecule has 1 unspecified atom stereocenters. The normalized spacial score (nSPS) is 18.0. The summed E-state index contributed by atoms with van der Waals surface area (Å²) in [6, 6.07) is 18.7. The molecule has 1 aliphatic heterocycles. The van der Waals surface area contributed by atoms with E-state index in [-0.39, 0.29) is 17.9 Å². The van der Waals surface area contributed by atoms with Gasteiger partial charge in [0.2, 0.25) is 0 Å². The number of hydrogen-bond acceptors (Lipinski definition) is 5.